The second-order valence-corrected chi connectivity index (χ2v) is 7.91. The average molecular weight is 469 g/mol. The summed E-state index contributed by atoms with van der Waals surface area (Å²) in [6.07, 6.45) is 4.02. The van der Waals surface area contributed by atoms with Gasteiger partial charge in [-0.05, 0) is 42.3 Å². The third kappa shape index (κ3) is 5.33. The molecule has 0 aliphatic rings. The molecule has 0 aliphatic carbocycles. The van der Waals surface area contributed by atoms with Gasteiger partial charge >= 0.3 is 0 Å². The summed E-state index contributed by atoms with van der Waals surface area (Å²) in [4.78, 5) is 15.9. The minimum absolute atomic E-state index is 0.271. The highest BCUT2D eigenvalue weighted by molar-refractivity contribution is 5.77. The summed E-state index contributed by atoms with van der Waals surface area (Å²) in [7, 11) is 0. The van der Waals surface area contributed by atoms with E-state index in [-0.39, 0.29) is 13.2 Å². The van der Waals surface area contributed by atoms with Crippen LogP contribution in [0.3, 0.4) is 0 Å². The van der Waals surface area contributed by atoms with E-state index in [1.54, 1.807) is 29.3 Å². The van der Waals surface area contributed by atoms with Crippen LogP contribution in [0.25, 0.3) is 11.7 Å². The fraction of sp³-hybridized carbons (Fsp3) is 0.148. The number of aldehydes is 1. The van der Waals surface area contributed by atoms with Gasteiger partial charge in [0, 0.05) is 6.20 Å². The number of aryl methyl sites for hydroxylation is 1. The maximum absolute atomic E-state index is 11.5. The van der Waals surface area contributed by atoms with Gasteiger partial charge in [0.15, 0.2) is 12.0 Å². The van der Waals surface area contributed by atoms with Crippen molar-refractivity contribution in [3.05, 3.63) is 107 Å². The van der Waals surface area contributed by atoms with E-state index in [9.17, 15) is 4.79 Å². The number of hydrogen-bond donors (Lipinski definition) is 0. The van der Waals surface area contributed by atoms with Gasteiger partial charge in [-0.2, -0.15) is 0 Å². The number of nitrogens with zero attached hydrogens (tertiary/aromatic N) is 3. The molecule has 0 radical (unpaired) electrons. The van der Waals surface area contributed by atoms with Gasteiger partial charge in [-0.25, -0.2) is 4.98 Å². The van der Waals surface area contributed by atoms with Crippen molar-refractivity contribution in [2.24, 2.45) is 0 Å². The number of oxazole rings is 1. The largest absolute Gasteiger partial charge is 0.487 e. The van der Waals surface area contributed by atoms with Crippen LogP contribution in [-0.4, -0.2) is 21.1 Å². The molecule has 8 heteroatoms. The Labute approximate surface area is 201 Å². The van der Waals surface area contributed by atoms with Gasteiger partial charge in [0.2, 0.25) is 5.88 Å². The summed E-state index contributed by atoms with van der Waals surface area (Å²) in [5.41, 5.74) is 3.13. The van der Waals surface area contributed by atoms with Gasteiger partial charge in [-0.15, -0.1) is 5.10 Å². The molecule has 0 aliphatic heterocycles. The lowest BCUT2D eigenvalue weighted by Crippen LogP contribution is -2.02. The molecule has 8 nitrogen and oxygen atoms in total. The summed E-state index contributed by atoms with van der Waals surface area (Å²) in [6, 6.07) is 21.0. The molecule has 5 rings (SSSR count). The van der Waals surface area contributed by atoms with Crippen molar-refractivity contribution in [2.45, 2.75) is 26.7 Å². The Hall–Kier alpha value is -4.59. The minimum atomic E-state index is 0.271. The Kier molecular flexibility index (Phi) is 6.43. The minimum Gasteiger partial charge on any atom is -0.487 e. The van der Waals surface area contributed by atoms with E-state index in [0.717, 1.165) is 17.4 Å². The molecule has 35 heavy (non-hydrogen) atoms. The van der Waals surface area contributed by atoms with Crippen LogP contribution in [0.15, 0.2) is 88.0 Å². The van der Waals surface area contributed by atoms with Gasteiger partial charge in [0.25, 0.3) is 5.89 Å². The van der Waals surface area contributed by atoms with Crippen LogP contribution in [0.2, 0.25) is 0 Å². The second-order valence-electron chi connectivity index (χ2n) is 7.91. The number of furan rings is 1. The zero-order valence-corrected chi connectivity index (χ0v) is 19.1. The standard InChI is InChI=1S/C27H23N3O5/c1-19-24(28-27(35-19)25-8-5-13-32-25)18-33-23-11-9-21(10-12-23)17-34-26-22(16-31)15-30(29-26)14-20-6-3-2-4-7-20/h2-13,15-16H,14,17-18H2,1H3. The lowest BCUT2D eigenvalue weighted by molar-refractivity contribution is 0.111. The topological polar surface area (TPSA) is 92.5 Å². The van der Waals surface area contributed by atoms with E-state index in [1.807, 2.05) is 61.5 Å². The van der Waals surface area contributed by atoms with Gasteiger partial charge in [0.1, 0.15) is 30.4 Å². The zero-order valence-electron chi connectivity index (χ0n) is 19.1. The average Bonchev–Trinajstić information content (AvgIpc) is 3.63. The Morgan fingerprint density at radius 1 is 0.943 bits per heavy atom. The van der Waals surface area contributed by atoms with Gasteiger partial charge in [-0.3, -0.25) is 9.48 Å². The number of carbonyl (C=O) groups is 1. The van der Waals surface area contributed by atoms with E-state index < -0.39 is 0 Å². The van der Waals surface area contributed by atoms with E-state index in [1.165, 1.54) is 0 Å². The Bertz CT molecular complexity index is 1390. The lowest BCUT2D eigenvalue weighted by atomic mass is 10.2. The van der Waals surface area contributed by atoms with Crippen LogP contribution < -0.4 is 9.47 Å². The maximum atomic E-state index is 11.5. The van der Waals surface area contributed by atoms with Crippen molar-refractivity contribution in [3.63, 3.8) is 0 Å². The molecule has 0 unspecified atom stereocenters. The molecule has 5 aromatic rings. The molecule has 0 N–H and O–H groups in total. The third-order valence-corrected chi connectivity index (χ3v) is 5.37. The van der Waals surface area contributed by atoms with Gasteiger partial charge < -0.3 is 18.3 Å². The third-order valence-electron chi connectivity index (χ3n) is 5.37. The second kappa shape index (κ2) is 10.1. The first-order chi connectivity index (χ1) is 17.2. The monoisotopic (exact) mass is 469 g/mol. The molecule has 3 heterocycles. The van der Waals surface area contributed by atoms with E-state index >= 15 is 0 Å². The Balaban J connectivity index is 1.17. The molecule has 2 aromatic carbocycles. The molecule has 0 spiro atoms. The van der Waals surface area contributed by atoms with E-state index in [2.05, 4.69) is 10.1 Å². The number of carbonyl (C=O) groups excluding carboxylic acids is 1. The molecule has 0 amide bonds. The van der Waals surface area contributed by atoms with Crippen molar-refractivity contribution >= 4 is 6.29 Å². The normalized spacial score (nSPS) is 10.9. The van der Waals surface area contributed by atoms with Crippen molar-refractivity contribution in [1.82, 2.24) is 14.8 Å². The summed E-state index contributed by atoms with van der Waals surface area (Å²) in [5, 5.41) is 4.42. The highest BCUT2D eigenvalue weighted by Crippen LogP contribution is 2.23. The molecule has 0 fully saturated rings. The number of rotatable bonds is 10. The van der Waals surface area contributed by atoms with Crippen LogP contribution in [0.1, 0.15) is 32.9 Å². The fourth-order valence-electron chi connectivity index (χ4n) is 3.52. The molecule has 3 aromatic heterocycles. The maximum Gasteiger partial charge on any atom is 0.263 e. The van der Waals surface area contributed by atoms with E-state index in [4.69, 9.17) is 18.3 Å². The van der Waals surface area contributed by atoms with Gasteiger partial charge in [0.05, 0.1) is 18.4 Å². The molecule has 0 atom stereocenters. The number of hydrogen-bond acceptors (Lipinski definition) is 7. The van der Waals surface area contributed by atoms with Crippen LogP contribution in [0.4, 0.5) is 0 Å². The first kappa shape index (κ1) is 22.2. The Morgan fingerprint density at radius 3 is 2.51 bits per heavy atom. The molecule has 0 saturated heterocycles. The van der Waals surface area contributed by atoms with Crippen molar-refractivity contribution in [1.29, 1.82) is 0 Å². The summed E-state index contributed by atoms with van der Waals surface area (Å²) in [6.45, 7) is 2.95. The van der Waals surface area contributed by atoms with Gasteiger partial charge in [-0.1, -0.05) is 42.5 Å². The number of aromatic nitrogens is 3. The fourth-order valence-corrected chi connectivity index (χ4v) is 3.52. The molecule has 0 bridgehead atoms. The summed E-state index contributed by atoms with van der Waals surface area (Å²) < 4.78 is 24.4. The summed E-state index contributed by atoms with van der Waals surface area (Å²) >= 11 is 0. The predicted octanol–water partition coefficient (Wildman–Crippen LogP) is 5.46. The number of benzene rings is 2. The first-order valence-electron chi connectivity index (χ1n) is 11.1. The van der Waals surface area contributed by atoms with Crippen LogP contribution in [0.5, 0.6) is 11.6 Å². The van der Waals surface area contributed by atoms with Crippen molar-refractivity contribution < 1.29 is 23.1 Å². The smallest absolute Gasteiger partial charge is 0.263 e. The molecule has 176 valence electrons. The number of ether oxygens (including phenoxy) is 2. The van der Waals surface area contributed by atoms with E-state index in [0.29, 0.717) is 46.8 Å². The predicted molar refractivity (Wildman–Crippen MR) is 127 cm³/mol. The SMILES string of the molecule is Cc1oc(-c2ccco2)nc1COc1ccc(COc2nn(Cc3ccccc3)cc2C=O)cc1. The lowest BCUT2D eigenvalue weighted by Gasteiger charge is -2.07. The highest BCUT2D eigenvalue weighted by Gasteiger charge is 2.14. The van der Waals surface area contributed by atoms with Crippen molar-refractivity contribution in [2.75, 3.05) is 0 Å². The Morgan fingerprint density at radius 2 is 1.77 bits per heavy atom. The van der Waals surface area contributed by atoms with Crippen LogP contribution in [-0.2, 0) is 19.8 Å². The first-order valence-corrected chi connectivity index (χ1v) is 11.1. The summed E-state index contributed by atoms with van der Waals surface area (Å²) in [5.74, 6) is 2.69. The highest BCUT2D eigenvalue weighted by atomic mass is 16.5. The molecular weight excluding hydrogens is 446 g/mol. The zero-order chi connectivity index (χ0) is 24.0. The van der Waals surface area contributed by atoms with Crippen LogP contribution >= 0.6 is 0 Å². The van der Waals surface area contributed by atoms with Crippen LogP contribution in [0, 0.1) is 6.92 Å². The quantitative estimate of drug-likeness (QED) is 0.251. The molecule has 0 saturated carbocycles. The molecular formula is C27H23N3O5. The van der Waals surface area contributed by atoms with Crippen molar-refractivity contribution in [3.8, 4) is 23.3 Å².